The first-order chi connectivity index (χ1) is 14.5. The zero-order chi connectivity index (χ0) is 21.5. The molecule has 0 saturated heterocycles. The van der Waals surface area contributed by atoms with E-state index < -0.39 is 0 Å². The normalized spacial score (nSPS) is 11.7. The molecule has 0 radical (unpaired) electrons. The molecule has 1 amide bonds. The molecule has 0 bridgehead atoms. The number of halogens is 1. The summed E-state index contributed by atoms with van der Waals surface area (Å²) in [5.74, 6) is 2.31. The maximum absolute atomic E-state index is 12.3. The van der Waals surface area contributed by atoms with Crippen molar-refractivity contribution < 1.29 is 14.3 Å². The molecular formula is C21H23BrN4O3S. The fourth-order valence-corrected chi connectivity index (χ4v) is 3.69. The Kier molecular flexibility index (Phi) is 7.75. The van der Waals surface area contributed by atoms with E-state index in [2.05, 4.69) is 31.4 Å². The molecular weight excluding hydrogens is 468 g/mol. The topological polar surface area (TPSA) is 78.3 Å². The average Bonchev–Trinajstić information content (AvgIpc) is 3.10. The van der Waals surface area contributed by atoms with Crippen molar-refractivity contribution >= 4 is 39.3 Å². The van der Waals surface area contributed by atoms with Gasteiger partial charge in [0.05, 0.1) is 12.4 Å². The van der Waals surface area contributed by atoms with Gasteiger partial charge in [0.1, 0.15) is 11.5 Å². The predicted octanol–water partition coefficient (Wildman–Crippen LogP) is 4.85. The second-order valence-electron chi connectivity index (χ2n) is 6.41. The lowest BCUT2D eigenvalue weighted by atomic mass is 10.3. The fraction of sp³-hybridized carbons (Fsp3) is 0.286. The maximum Gasteiger partial charge on any atom is 0.234 e. The lowest BCUT2D eigenvalue weighted by Crippen LogP contribution is -2.14. The Hall–Kier alpha value is -2.52. The Morgan fingerprint density at radius 1 is 1.13 bits per heavy atom. The maximum atomic E-state index is 12.3. The molecule has 2 aromatic carbocycles. The van der Waals surface area contributed by atoms with Crippen LogP contribution in [0.1, 0.15) is 25.8 Å². The van der Waals surface area contributed by atoms with Crippen LogP contribution in [0.25, 0.3) is 0 Å². The Bertz CT molecular complexity index is 977. The number of aromatic nitrogens is 3. The highest BCUT2D eigenvalue weighted by molar-refractivity contribution is 9.10. The van der Waals surface area contributed by atoms with Crippen molar-refractivity contribution in [3.8, 4) is 11.5 Å². The lowest BCUT2D eigenvalue weighted by Gasteiger charge is -2.14. The molecule has 0 aliphatic rings. The third kappa shape index (κ3) is 5.99. The van der Waals surface area contributed by atoms with Crippen LogP contribution < -0.4 is 14.8 Å². The summed E-state index contributed by atoms with van der Waals surface area (Å²) < 4.78 is 14.2. The Balaban J connectivity index is 1.54. The van der Waals surface area contributed by atoms with E-state index in [0.29, 0.717) is 17.6 Å². The molecule has 30 heavy (non-hydrogen) atoms. The van der Waals surface area contributed by atoms with Crippen molar-refractivity contribution in [2.75, 3.05) is 17.7 Å². The number of benzene rings is 2. The van der Waals surface area contributed by atoms with Crippen LogP contribution in [0.4, 0.5) is 5.69 Å². The van der Waals surface area contributed by atoms with Gasteiger partial charge in [-0.3, -0.25) is 4.79 Å². The van der Waals surface area contributed by atoms with Gasteiger partial charge in [-0.25, -0.2) is 0 Å². The van der Waals surface area contributed by atoms with E-state index in [-0.39, 0.29) is 17.8 Å². The molecule has 1 atom stereocenters. The monoisotopic (exact) mass is 490 g/mol. The van der Waals surface area contributed by atoms with E-state index in [0.717, 1.165) is 21.7 Å². The van der Waals surface area contributed by atoms with Crippen LogP contribution in [0.2, 0.25) is 0 Å². The Labute approximate surface area is 188 Å². The van der Waals surface area contributed by atoms with E-state index >= 15 is 0 Å². The van der Waals surface area contributed by atoms with Crippen molar-refractivity contribution in [2.24, 2.45) is 7.05 Å². The third-order valence-electron chi connectivity index (χ3n) is 4.14. The number of carbonyl (C=O) groups excluding carboxylic acids is 1. The third-order valence-corrected chi connectivity index (χ3v) is 5.69. The summed E-state index contributed by atoms with van der Waals surface area (Å²) in [4.78, 5) is 12.3. The highest BCUT2D eigenvalue weighted by Gasteiger charge is 2.18. The van der Waals surface area contributed by atoms with Crippen LogP contribution in [0.3, 0.4) is 0 Å². The first-order valence-corrected chi connectivity index (χ1v) is 11.2. The summed E-state index contributed by atoms with van der Waals surface area (Å²) >= 11 is 4.73. The molecule has 7 nitrogen and oxygen atoms in total. The van der Waals surface area contributed by atoms with Gasteiger partial charge < -0.3 is 19.4 Å². The van der Waals surface area contributed by atoms with E-state index in [1.165, 1.54) is 11.8 Å². The van der Waals surface area contributed by atoms with Crippen molar-refractivity contribution in [2.45, 2.75) is 25.1 Å². The Morgan fingerprint density at radius 2 is 1.80 bits per heavy atom. The quantitative estimate of drug-likeness (QED) is 0.432. The smallest absolute Gasteiger partial charge is 0.234 e. The van der Waals surface area contributed by atoms with Gasteiger partial charge in [-0.15, -0.1) is 10.2 Å². The summed E-state index contributed by atoms with van der Waals surface area (Å²) in [6.07, 6.45) is -0.282. The summed E-state index contributed by atoms with van der Waals surface area (Å²) in [7, 11) is 1.86. The number of thioether (sulfide) groups is 1. The van der Waals surface area contributed by atoms with Crippen molar-refractivity contribution in [1.29, 1.82) is 0 Å². The largest absolute Gasteiger partial charge is 0.494 e. The molecule has 9 heteroatoms. The minimum Gasteiger partial charge on any atom is -0.494 e. The van der Waals surface area contributed by atoms with Gasteiger partial charge in [0.15, 0.2) is 17.1 Å². The summed E-state index contributed by atoms with van der Waals surface area (Å²) in [5, 5.41) is 11.9. The van der Waals surface area contributed by atoms with E-state index in [4.69, 9.17) is 9.47 Å². The molecule has 1 heterocycles. The molecule has 3 aromatic rings. The van der Waals surface area contributed by atoms with Gasteiger partial charge in [-0.05, 0) is 62.4 Å². The molecule has 0 aliphatic carbocycles. The number of rotatable bonds is 9. The van der Waals surface area contributed by atoms with Gasteiger partial charge in [-0.1, -0.05) is 27.7 Å². The predicted molar refractivity (Wildman–Crippen MR) is 121 cm³/mol. The average molecular weight is 491 g/mol. The molecule has 1 N–H and O–H groups in total. The second-order valence-corrected chi connectivity index (χ2v) is 8.27. The fourth-order valence-electron chi connectivity index (χ4n) is 2.70. The molecule has 0 spiro atoms. The molecule has 158 valence electrons. The van der Waals surface area contributed by atoms with Crippen LogP contribution in [-0.4, -0.2) is 33.0 Å². The molecule has 1 unspecified atom stereocenters. The van der Waals surface area contributed by atoms with E-state index in [1.807, 2.05) is 74.0 Å². The number of amides is 1. The van der Waals surface area contributed by atoms with Crippen LogP contribution in [0.5, 0.6) is 11.5 Å². The van der Waals surface area contributed by atoms with Crippen LogP contribution in [0, 0.1) is 0 Å². The van der Waals surface area contributed by atoms with Crippen LogP contribution in [-0.2, 0) is 11.8 Å². The zero-order valence-corrected chi connectivity index (χ0v) is 19.4. The highest BCUT2D eigenvalue weighted by atomic mass is 79.9. The summed E-state index contributed by atoms with van der Waals surface area (Å²) in [6, 6.07) is 14.9. The summed E-state index contributed by atoms with van der Waals surface area (Å²) in [5.41, 5.74) is 0.722. The van der Waals surface area contributed by atoms with Crippen molar-refractivity contribution in [1.82, 2.24) is 14.8 Å². The molecule has 0 aliphatic heterocycles. The molecule has 0 saturated carbocycles. The zero-order valence-electron chi connectivity index (χ0n) is 17.0. The van der Waals surface area contributed by atoms with E-state index in [9.17, 15) is 4.79 Å². The minimum atomic E-state index is -0.282. The highest BCUT2D eigenvalue weighted by Crippen LogP contribution is 2.25. The number of carbonyl (C=O) groups is 1. The van der Waals surface area contributed by atoms with Crippen LogP contribution in [0.15, 0.2) is 58.2 Å². The number of anilines is 1. The van der Waals surface area contributed by atoms with Gasteiger partial charge in [0.2, 0.25) is 5.91 Å². The summed E-state index contributed by atoms with van der Waals surface area (Å²) in [6.45, 7) is 4.45. The minimum absolute atomic E-state index is 0.118. The first-order valence-electron chi connectivity index (χ1n) is 9.43. The first kappa shape index (κ1) is 22.2. The van der Waals surface area contributed by atoms with Gasteiger partial charge >= 0.3 is 0 Å². The van der Waals surface area contributed by atoms with E-state index in [1.54, 1.807) is 0 Å². The van der Waals surface area contributed by atoms with Crippen molar-refractivity contribution in [3.63, 3.8) is 0 Å². The number of nitrogens with one attached hydrogen (secondary N) is 1. The lowest BCUT2D eigenvalue weighted by molar-refractivity contribution is -0.113. The number of hydrogen-bond donors (Lipinski definition) is 1. The Morgan fingerprint density at radius 3 is 2.47 bits per heavy atom. The number of hydrogen-bond acceptors (Lipinski definition) is 6. The standard InChI is InChI=1S/C21H23BrN4O3S/c1-4-28-17-11-7-16(8-12-17)23-19(27)13-30-21-25-24-20(26(21)3)14(2)29-18-9-5-15(22)6-10-18/h5-12,14H,4,13H2,1-3H3,(H,23,27). The molecule has 0 fully saturated rings. The van der Waals surface area contributed by atoms with Crippen molar-refractivity contribution in [3.05, 3.63) is 58.8 Å². The molecule has 3 rings (SSSR count). The van der Waals surface area contributed by atoms with Gasteiger partial charge in [-0.2, -0.15) is 0 Å². The van der Waals surface area contributed by atoms with Gasteiger partial charge in [0, 0.05) is 17.2 Å². The second kappa shape index (κ2) is 10.5. The molecule has 1 aromatic heterocycles. The van der Waals surface area contributed by atoms with Crippen LogP contribution >= 0.6 is 27.7 Å². The number of ether oxygens (including phenoxy) is 2. The SMILES string of the molecule is CCOc1ccc(NC(=O)CSc2nnc(C(C)Oc3ccc(Br)cc3)n2C)cc1. The number of nitrogens with zero attached hydrogens (tertiary/aromatic N) is 3. The van der Waals surface area contributed by atoms with Gasteiger partial charge in [0.25, 0.3) is 0 Å².